The maximum atomic E-state index is 10.1. The van der Waals surface area contributed by atoms with Gasteiger partial charge < -0.3 is 16.3 Å². The van der Waals surface area contributed by atoms with E-state index in [1.54, 1.807) is 11.8 Å². The Morgan fingerprint density at radius 1 is 1.73 bits per heavy atom. The second-order valence-corrected chi connectivity index (χ2v) is 2.71. The van der Waals surface area contributed by atoms with Gasteiger partial charge in [-0.05, 0) is 18.4 Å². The smallest absolute Gasteiger partial charge is 0.320 e. The fourth-order valence-electron chi connectivity index (χ4n) is 0.368. The third-order valence-electron chi connectivity index (χ3n) is 0.950. The molecule has 0 saturated heterocycles. The minimum Gasteiger partial charge on any atom is -0.480 e. The summed E-state index contributed by atoms with van der Waals surface area (Å²) in [7, 11) is 0. The van der Waals surface area contributed by atoms with E-state index in [2.05, 4.69) is 0 Å². The van der Waals surface area contributed by atoms with Crippen molar-refractivity contribution < 1.29 is 34.9 Å². The Labute approximate surface area is 83.0 Å². The first-order valence-electron chi connectivity index (χ1n) is 2.65. The van der Waals surface area contributed by atoms with Crippen LogP contribution in [0.4, 0.5) is 0 Å². The Kier molecular flexibility index (Phi) is 16.4. The predicted molar refractivity (Wildman–Crippen MR) is 42.2 cm³/mol. The second-order valence-electron chi connectivity index (χ2n) is 1.73. The predicted octanol–water partition coefficient (Wildman–Crippen LogP) is -0.676. The van der Waals surface area contributed by atoms with Crippen molar-refractivity contribution in [1.82, 2.24) is 0 Å². The summed E-state index contributed by atoms with van der Waals surface area (Å²) in [5.74, 6) is -0.1000. The Bertz CT molecular complexity index is 104. The molecule has 0 aromatic heterocycles. The number of thioether (sulfide) groups is 1. The molecule has 6 heteroatoms. The molecule has 0 bridgehead atoms. The van der Waals surface area contributed by atoms with Crippen molar-refractivity contribution in [3.05, 3.63) is 0 Å². The molecule has 0 heterocycles. The Morgan fingerprint density at radius 2 is 2.18 bits per heavy atom. The van der Waals surface area contributed by atoms with Gasteiger partial charge >= 0.3 is 5.97 Å². The zero-order valence-electron chi connectivity index (χ0n) is 6.54. The SMILES string of the molecule is CSCC[C@H](N)C(=O)O.O.[Zn]. The van der Waals surface area contributed by atoms with Crippen LogP contribution in [0, 0.1) is 0 Å². The molecule has 0 aliphatic carbocycles. The number of hydrogen-bond donors (Lipinski definition) is 2. The topological polar surface area (TPSA) is 94.8 Å². The molecule has 0 spiro atoms. The van der Waals surface area contributed by atoms with Gasteiger partial charge in [0.2, 0.25) is 0 Å². The summed E-state index contributed by atoms with van der Waals surface area (Å²) in [4.78, 5) is 10.1. The molecule has 0 aromatic carbocycles. The first-order valence-corrected chi connectivity index (χ1v) is 4.05. The molecule has 0 amide bonds. The molecule has 5 N–H and O–H groups in total. The van der Waals surface area contributed by atoms with Crippen LogP contribution in [0.2, 0.25) is 0 Å². The molecule has 0 rings (SSSR count). The largest absolute Gasteiger partial charge is 0.480 e. The molecule has 0 unspecified atom stereocenters. The molecular weight excluding hydrogens is 220 g/mol. The Morgan fingerprint density at radius 3 is 2.45 bits per heavy atom. The summed E-state index contributed by atoms with van der Waals surface area (Å²) >= 11 is 1.60. The van der Waals surface area contributed by atoms with Crippen LogP contribution in [-0.4, -0.2) is 34.6 Å². The quantitative estimate of drug-likeness (QED) is 0.628. The average Bonchev–Trinajstić information content (AvgIpc) is 1.82. The molecular formula is C5H13NO3SZn. The van der Waals surface area contributed by atoms with E-state index in [4.69, 9.17) is 10.8 Å². The first-order chi connectivity index (χ1) is 4.18. The molecule has 0 aliphatic heterocycles. The van der Waals surface area contributed by atoms with E-state index in [1.807, 2.05) is 6.26 Å². The first kappa shape index (κ1) is 17.4. The summed E-state index contributed by atoms with van der Waals surface area (Å²) in [6.45, 7) is 0. The van der Waals surface area contributed by atoms with Gasteiger partial charge in [0.05, 0.1) is 0 Å². The maximum Gasteiger partial charge on any atom is 0.320 e. The minimum atomic E-state index is -0.913. The van der Waals surface area contributed by atoms with Crippen molar-refractivity contribution in [2.24, 2.45) is 5.73 Å². The fraction of sp³-hybridized carbons (Fsp3) is 0.800. The van der Waals surface area contributed by atoms with E-state index in [0.29, 0.717) is 6.42 Å². The molecule has 0 aliphatic rings. The van der Waals surface area contributed by atoms with E-state index in [9.17, 15) is 4.79 Å². The normalized spacial score (nSPS) is 10.7. The zero-order valence-corrected chi connectivity index (χ0v) is 10.3. The number of carboxylic acids is 1. The summed E-state index contributed by atoms with van der Waals surface area (Å²) < 4.78 is 0. The van der Waals surface area contributed by atoms with Gasteiger partial charge in [-0.15, -0.1) is 0 Å². The number of hydrogen-bond acceptors (Lipinski definition) is 3. The van der Waals surface area contributed by atoms with Gasteiger partial charge in [0, 0.05) is 19.5 Å². The van der Waals surface area contributed by atoms with Crippen LogP contribution >= 0.6 is 11.8 Å². The van der Waals surface area contributed by atoms with Gasteiger partial charge in [-0.25, -0.2) is 0 Å². The van der Waals surface area contributed by atoms with Gasteiger partial charge in [0.1, 0.15) is 6.04 Å². The number of nitrogens with two attached hydrogens (primary N) is 1. The number of rotatable bonds is 4. The summed E-state index contributed by atoms with van der Waals surface area (Å²) in [6.07, 6.45) is 2.48. The Hall–Kier alpha value is 0.363. The number of aliphatic carboxylic acids is 1. The number of carboxylic acid groups (broad SMARTS) is 1. The number of carbonyl (C=O) groups is 1. The third-order valence-corrected chi connectivity index (χ3v) is 1.59. The van der Waals surface area contributed by atoms with Gasteiger partial charge in [0.15, 0.2) is 0 Å². The molecule has 0 radical (unpaired) electrons. The van der Waals surface area contributed by atoms with Crippen LogP contribution < -0.4 is 5.73 Å². The minimum absolute atomic E-state index is 0. The standard InChI is InChI=1S/C5H11NO2S.H2O.Zn/c1-9-3-2-4(6)5(7)8;;/h4H,2-3,6H2,1H3,(H,7,8);1H2;/t4-;;/m0../s1. The van der Waals surface area contributed by atoms with Gasteiger partial charge in [-0.1, -0.05) is 0 Å². The van der Waals surface area contributed by atoms with Crippen molar-refractivity contribution in [1.29, 1.82) is 0 Å². The van der Waals surface area contributed by atoms with Gasteiger partial charge in [-0.3, -0.25) is 4.79 Å². The third kappa shape index (κ3) is 10.4. The van der Waals surface area contributed by atoms with E-state index >= 15 is 0 Å². The van der Waals surface area contributed by atoms with Crippen LogP contribution in [0.3, 0.4) is 0 Å². The van der Waals surface area contributed by atoms with Gasteiger partial charge in [0.25, 0.3) is 0 Å². The van der Waals surface area contributed by atoms with Crippen LogP contribution in [0.1, 0.15) is 6.42 Å². The molecule has 1 atom stereocenters. The van der Waals surface area contributed by atoms with Crippen LogP contribution in [0.5, 0.6) is 0 Å². The summed E-state index contributed by atoms with van der Waals surface area (Å²) in [6, 6.07) is -0.683. The van der Waals surface area contributed by atoms with Crippen molar-refractivity contribution in [2.45, 2.75) is 12.5 Å². The van der Waals surface area contributed by atoms with E-state index in [-0.39, 0.29) is 25.0 Å². The average molecular weight is 233 g/mol. The summed E-state index contributed by atoms with van der Waals surface area (Å²) in [5.41, 5.74) is 5.19. The molecule has 11 heavy (non-hydrogen) atoms. The van der Waals surface area contributed by atoms with Crippen LogP contribution in [-0.2, 0) is 24.3 Å². The second kappa shape index (κ2) is 10.4. The van der Waals surface area contributed by atoms with Crippen molar-refractivity contribution in [2.75, 3.05) is 12.0 Å². The molecule has 4 nitrogen and oxygen atoms in total. The van der Waals surface area contributed by atoms with Crippen molar-refractivity contribution in [3.63, 3.8) is 0 Å². The fourth-order valence-corrected chi connectivity index (χ4v) is 0.858. The Balaban J connectivity index is -0.000000320. The van der Waals surface area contributed by atoms with Crippen LogP contribution in [0.15, 0.2) is 0 Å². The van der Waals surface area contributed by atoms with Gasteiger partial charge in [-0.2, -0.15) is 11.8 Å². The molecule has 0 fully saturated rings. The zero-order chi connectivity index (χ0) is 7.28. The van der Waals surface area contributed by atoms with Crippen molar-refractivity contribution in [3.8, 4) is 0 Å². The van der Waals surface area contributed by atoms with E-state index < -0.39 is 12.0 Å². The molecule has 0 aromatic rings. The van der Waals surface area contributed by atoms with E-state index in [0.717, 1.165) is 5.75 Å². The van der Waals surface area contributed by atoms with E-state index in [1.165, 1.54) is 0 Å². The summed E-state index contributed by atoms with van der Waals surface area (Å²) in [5, 5.41) is 8.27. The van der Waals surface area contributed by atoms with Crippen LogP contribution in [0.25, 0.3) is 0 Å². The monoisotopic (exact) mass is 231 g/mol. The van der Waals surface area contributed by atoms with Crippen molar-refractivity contribution >= 4 is 17.7 Å². The maximum absolute atomic E-state index is 10.1. The molecule has 0 saturated carbocycles. The molecule has 64 valence electrons.